The van der Waals surface area contributed by atoms with Gasteiger partial charge in [-0.25, -0.2) is 22.7 Å². The summed E-state index contributed by atoms with van der Waals surface area (Å²) in [5, 5.41) is 0.517. The van der Waals surface area contributed by atoms with Gasteiger partial charge in [0, 0.05) is 31.6 Å². The molecule has 0 atom stereocenters. The van der Waals surface area contributed by atoms with Crippen molar-refractivity contribution in [3.05, 3.63) is 30.1 Å². The normalized spacial score (nSPS) is 17.7. The van der Waals surface area contributed by atoms with E-state index in [9.17, 15) is 21.6 Å². The fourth-order valence-corrected chi connectivity index (χ4v) is 3.74. The molecule has 2 aromatic rings. The number of halogens is 3. The van der Waals surface area contributed by atoms with E-state index >= 15 is 0 Å². The lowest BCUT2D eigenvalue weighted by Crippen LogP contribution is -2.35. The molecular formula is C15H17F3N4O2S. The average molecular weight is 374 g/mol. The molecule has 1 aliphatic rings. The van der Waals surface area contributed by atoms with E-state index in [0.29, 0.717) is 24.9 Å². The highest BCUT2D eigenvalue weighted by molar-refractivity contribution is 7.88. The van der Waals surface area contributed by atoms with Gasteiger partial charge in [0.2, 0.25) is 15.8 Å². The second-order valence-corrected chi connectivity index (χ2v) is 7.87. The lowest BCUT2D eigenvalue weighted by atomic mass is 10.2. The van der Waals surface area contributed by atoms with E-state index in [4.69, 9.17) is 0 Å². The van der Waals surface area contributed by atoms with E-state index in [1.54, 1.807) is 23.1 Å². The monoisotopic (exact) mass is 374 g/mol. The molecule has 1 aromatic carbocycles. The molecular weight excluding hydrogens is 357 g/mol. The van der Waals surface area contributed by atoms with Crippen molar-refractivity contribution in [1.29, 1.82) is 0 Å². The third-order valence-corrected chi connectivity index (χ3v) is 5.36. The zero-order valence-electron chi connectivity index (χ0n) is 13.5. The van der Waals surface area contributed by atoms with E-state index in [1.165, 1.54) is 10.4 Å². The van der Waals surface area contributed by atoms with Crippen molar-refractivity contribution in [1.82, 2.24) is 14.3 Å². The molecule has 1 aliphatic heterocycles. The summed E-state index contributed by atoms with van der Waals surface area (Å²) in [5.41, 5.74) is 0.212. The molecule has 1 aromatic heterocycles. The van der Waals surface area contributed by atoms with Crippen LogP contribution in [0.1, 0.15) is 12.2 Å². The van der Waals surface area contributed by atoms with Crippen LogP contribution in [0, 0.1) is 0 Å². The summed E-state index contributed by atoms with van der Waals surface area (Å²) in [7, 11) is -3.33. The van der Waals surface area contributed by atoms with Crippen LogP contribution in [-0.2, 0) is 16.2 Å². The second-order valence-electron chi connectivity index (χ2n) is 5.89. The van der Waals surface area contributed by atoms with Gasteiger partial charge in [-0.1, -0.05) is 12.1 Å². The highest BCUT2D eigenvalue weighted by atomic mass is 32.2. The molecule has 0 unspecified atom stereocenters. The van der Waals surface area contributed by atoms with Crippen LogP contribution < -0.4 is 4.90 Å². The quantitative estimate of drug-likeness (QED) is 0.806. The lowest BCUT2D eigenvalue weighted by molar-refractivity contribution is -0.144. The van der Waals surface area contributed by atoms with Gasteiger partial charge in [-0.15, -0.1) is 0 Å². The molecule has 0 saturated carbocycles. The van der Waals surface area contributed by atoms with E-state index in [1.807, 2.05) is 0 Å². The molecule has 0 radical (unpaired) electrons. The first-order valence-electron chi connectivity index (χ1n) is 7.70. The van der Waals surface area contributed by atoms with Gasteiger partial charge in [-0.2, -0.15) is 13.2 Å². The Kier molecular flexibility index (Phi) is 4.58. The molecule has 25 heavy (non-hydrogen) atoms. The molecule has 0 spiro atoms. The van der Waals surface area contributed by atoms with Gasteiger partial charge in [0.25, 0.3) is 0 Å². The number of hydrogen-bond acceptors (Lipinski definition) is 5. The minimum atomic E-state index is -4.65. The van der Waals surface area contributed by atoms with Gasteiger partial charge in [0.05, 0.1) is 11.8 Å². The van der Waals surface area contributed by atoms with Crippen molar-refractivity contribution < 1.29 is 21.6 Å². The largest absolute Gasteiger partial charge is 0.451 e. The Bertz CT molecular complexity index is 886. The minimum absolute atomic E-state index is 0.188. The Morgan fingerprint density at radius 3 is 2.44 bits per heavy atom. The summed E-state index contributed by atoms with van der Waals surface area (Å²) in [6.07, 6.45) is -3.01. The summed E-state index contributed by atoms with van der Waals surface area (Å²) in [6.45, 7) is 1.23. The van der Waals surface area contributed by atoms with Crippen LogP contribution in [0.15, 0.2) is 24.3 Å². The number of benzene rings is 1. The van der Waals surface area contributed by atoms with Crippen molar-refractivity contribution in [2.24, 2.45) is 0 Å². The highest BCUT2D eigenvalue weighted by Gasteiger charge is 2.36. The van der Waals surface area contributed by atoms with Gasteiger partial charge in [0.15, 0.2) is 0 Å². The topological polar surface area (TPSA) is 66.4 Å². The number of anilines is 1. The molecule has 1 fully saturated rings. The fraction of sp³-hybridized carbons (Fsp3) is 0.467. The lowest BCUT2D eigenvalue weighted by Gasteiger charge is -2.24. The predicted octanol–water partition coefficient (Wildman–Crippen LogP) is 2.12. The van der Waals surface area contributed by atoms with Crippen molar-refractivity contribution in [3.8, 4) is 0 Å². The van der Waals surface area contributed by atoms with Crippen molar-refractivity contribution >= 4 is 26.7 Å². The summed E-state index contributed by atoms with van der Waals surface area (Å²) < 4.78 is 64.2. The Morgan fingerprint density at radius 1 is 1.04 bits per heavy atom. The molecule has 3 rings (SSSR count). The molecule has 0 N–H and O–H groups in total. The predicted molar refractivity (Wildman–Crippen MR) is 87.8 cm³/mol. The average Bonchev–Trinajstić information content (AvgIpc) is 2.78. The first-order valence-corrected chi connectivity index (χ1v) is 9.55. The maximum absolute atomic E-state index is 13.1. The van der Waals surface area contributed by atoms with Crippen LogP contribution in [0.4, 0.5) is 19.0 Å². The Labute approximate surface area is 143 Å². The molecule has 2 heterocycles. The summed E-state index contributed by atoms with van der Waals surface area (Å²) in [4.78, 5) is 9.06. The van der Waals surface area contributed by atoms with E-state index in [2.05, 4.69) is 9.97 Å². The van der Waals surface area contributed by atoms with E-state index < -0.39 is 22.0 Å². The molecule has 10 heteroatoms. The smallest absolute Gasteiger partial charge is 0.355 e. The standard InChI is InChI=1S/C15H17F3N4O2S/c1-25(23,24)22-8-4-7-21(9-10-22)13-11-5-2-3-6-12(11)19-14(20-13)15(16,17)18/h2-3,5-6H,4,7-10H2,1H3. The molecule has 0 bridgehead atoms. The zero-order chi connectivity index (χ0) is 18.2. The third kappa shape index (κ3) is 3.84. The number of nitrogens with zero attached hydrogens (tertiary/aromatic N) is 4. The zero-order valence-corrected chi connectivity index (χ0v) is 14.3. The summed E-state index contributed by atoms with van der Waals surface area (Å²) >= 11 is 0. The van der Waals surface area contributed by atoms with Gasteiger partial charge >= 0.3 is 6.18 Å². The van der Waals surface area contributed by atoms with Gasteiger partial charge in [-0.3, -0.25) is 0 Å². The summed E-state index contributed by atoms with van der Waals surface area (Å²) in [5.74, 6) is -1.00. The van der Waals surface area contributed by atoms with Crippen LogP contribution in [0.3, 0.4) is 0 Å². The molecule has 136 valence electrons. The number of alkyl halides is 3. The maximum atomic E-state index is 13.1. The van der Waals surface area contributed by atoms with Crippen molar-refractivity contribution in [2.75, 3.05) is 37.3 Å². The first kappa shape index (κ1) is 17.9. The summed E-state index contributed by atoms with van der Waals surface area (Å²) in [6, 6.07) is 6.51. The number of sulfonamides is 1. The molecule has 1 saturated heterocycles. The van der Waals surface area contributed by atoms with E-state index in [0.717, 1.165) is 6.26 Å². The number of aromatic nitrogens is 2. The van der Waals surface area contributed by atoms with Crippen LogP contribution in [-0.4, -0.2) is 55.1 Å². The molecule has 0 amide bonds. The van der Waals surface area contributed by atoms with Crippen LogP contribution in [0.25, 0.3) is 10.9 Å². The maximum Gasteiger partial charge on any atom is 0.451 e. The second kappa shape index (κ2) is 6.41. The Morgan fingerprint density at radius 2 is 1.76 bits per heavy atom. The number of rotatable bonds is 2. The number of hydrogen-bond donors (Lipinski definition) is 0. The molecule has 0 aliphatic carbocycles. The third-order valence-electron chi connectivity index (χ3n) is 4.06. The van der Waals surface area contributed by atoms with Gasteiger partial charge < -0.3 is 4.90 Å². The minimum Gasteiger partial charge on any atom is -0.355 e. The van der Waals surface area contributed by atoms with Gasteiger partial charge in [-0.05, 0) is 18.6 Å². The van der Waals surface area contributed by atoms with Crippen LogP contribution in [0.5, 0.6) is 0 Å². The van der Waals surface area contributed by atoms with Crippen molar-refractivity contribution in [2.45, 2.75) is 12.6 Å². The molecule has 6 nitrogen and oxygen atoms in total. The Balaban J connectivity index is 2.02. The van der Waals surface area contributed by atoms with Crippen LogP contribution in [0.2, 0.25) is 0 Å². The van der Waals surface area contributed by atoms with Crippen molar-refractivity contribution in [3.63, 3.8) is 0 Å². The van der Waals surface area contributed by atoms with E-state index in [-0.39, 0.29) is 24.4 Å². The SMILES string of the molecule is CS(=O)(=O)N1CCCN(c2nc(C(F)(F)F)nc3ccccc23)CC1. The van der Waals surface area contributed by atoms with Crippen LogP contribution >= 0.6 is 0 Å². The number of fused-ring (bicyclic) bond motifs is 1. The Hall–Kier alpha value is -1.94. The highest BCUT2D eigenvalue weighted by Crippen LogP contribution is 2.32. The first-order chi connectivity index (χ1) is 11.7. The fourth-order valence-electron chi connectivity index (χ4n) is 2.86. The number of para-hydroxylation sites is 1. The van der Waals surface area contributed by atoms with Gasteiger partial charge in [0.1, 0.15) is 5.82 Å².